The van der Waals surface area contributed by atoms with Gasteiger partial charge in [0.2, 0.25) is 0 Å². The molecular weight excluding hydrogens is 272 g/mol. The van der Waals surface area contributed by atoms with E-state index in [9.17, 15) is 4.79 Å². The van der Waals surface area contributed by atoms with Crippen molar-refractivity contribution >= 4 is 17.7 Å². The van der Waals surface area contributed by atoms with Crippen molar-refractivity contribution in [2.75, 3.05) is 12.4 Å². The zero-order valence-electron chi connectivity index (χ0n) is 12.9. The zero-order valence-corrected chi connectivity index (χ0v) is 13.7. The van der Waals surface area contributed by atoms with Crippen LogP contribution in [-0.4, -0.2) is 28.2 Å². The molecule has 1 aromatic carbocycles. The molecule has 0 aliphatic heterocycles. The standard InChI is InChI=1S/C16H24O3S/c1-11(2)14-7-6-13(10-12(14)3)19-8-9-20-16(4,5)15(17)18/h6-7,10-11H,8-9H2,1-5H3,(H,17,18). The third-order valence-electron chi connectivity index (χ3n) is 3.19. The smallest absolute Gasteiger partial charge is 0.319 e. The Morgan fingerprint density at radius 2 is 2.05 bits per heavy atom. The second kappa shape index (κ2) is 7.02. The third-order valence-corrected chi connectivity index (χ3v) is 4.46. The Balaban J connectivity index is 2.47. The fraction of sp³-hybridized carbons (Fsp3) is 0.562. The summed E-state index contributed by atoms with van der Waals surface area (Å²) in [5.74, 6) is 1.22. The second-order valence-corrected chi connectivity index (χ2v) is 7.40. The van der Waals surface area contributed by atoms with E-state index in [4.69, 9.17) is 9.84 Å². The largest absolute Gasteiger partial charge is 0.493 e. The molecule has 112 valence electrons. The van der Waals surface area contributed by atoms with Crippen LogP contribution in [0.4, 0.5) is 0 Å². The first-order chi connectivity index (χ1) is 9.24. The summed E-state index contributed by atoms with van der Waals surface area (Å²) in [5, 5.41) is 9.01. The van der Waals surface area contributed by atoms with Crippen LogP contribution in [0.3, 0.4) is 0 Å². The van der Waals surface area contributed by atoms with Gasteiger partial charge in [-0.3, -0.25) is 4.79 Å². The van der Waals surface area contributed by atoms with Gasteiger partial charge in [-0.05, 0) is 49.9 Å². The molecule has 0 aliphatic carbocycles. The molecule has 1 rings (SSSR count). The van der Waals surface area contributed by atoms with Gasteiger partial charge in [0.25, 0.3) is 0 Å². The van der Waals surface area contributed by atoms with Gasteiger partial charge in [-0.25, -0.2) is 0 Å². The van der Waals surface area contributed by atoms with E-state index < -0.39 is 10.7 Å². The van der Waals surface area contributed by atoms with Gasteiger partial charge in [-0.2, -0.15) is 0 Å². The SMILES string of the molecule is Cc1cc(OCCSC(C)(C)C(=O)O)ccc1C(C)C. The Bertz CT molecular complexity index is 467. The molecule has 20 heavy (non-hydrogen) atoms. The molecule has 0 aliphatic rings. The van der Waals surface area contributed by atoms with E-state index in [0.717, 1.165) is 5.75 Å². The lowest BCUT2D eigenvalue weighted by Crippen LogP contribution is -2.28. The van der Waals surface area contributed by atoms with Crippen LogP contribution in [0, 0.1) is 6.92 Å². The second-order valence-electron chi connectivity index (χ2n) is 5.69. The van der Waals surface area contributed by atoms with Gasteiger partial charge in [0.1, 0.15) is 10.5 Å². The molecule has 0 fully saturated rings. The van der Waals surface area contributed by atoms with Gasteiger partial charge in [0, 0.05) is 5.75 Å². The molecular formula is C16H24O3S. The summed E-state index contributed by atoms with van der Waals surface area (Å²) in [5.41, 5.74) is 2.56. The first kappa shape index (κ1) is 16.9. The van der Waals surface area contributed by atoms with E-state index in [0.29, 0.717) is 18.3 Å². The summed E-state index contributed by atoms with van der Waals surface area (Å²) in [6, 6.07) is 6.13. The summed E-state index contributed by atoms with van der Waals surface area (Å²) in [6.45, 7) is 10.4. The Kier molecular flexibility index (Phi) is 5.93. The molecule has 0 heterocycles. The first-order valence-electron chi connectivity index (χ1n) is 6.84. The number of hydrogen-bond acceptors (Lipinski definition) is 3. The van der Waals surface area contributed by atoms with Crippen LogP contribution in [0.15, 0.2) is 18.2 Å². The van der Waals surface area contributed by atoms with Crippen LogP contribution >= 0.6 is 11.8 Å². The average molecular weight is 296 g/mol. The molecule has 0 aromatic heterocycles. The number of carboxylic acids is 1. The van der Waals surface area contributed by atoms with Crippen LogP contribution in [0.5, 0.6) is 5.75 Å². The minimum absolute atomic E-state index is 0.510. The quantitative estimate of drug-likeness (QED) is 0.770. The molecule has 3 nitrogen and oxygen atoms in total. The van der Waals surface area contributed by atoms with Crippen LogP contribution < -0.4 is 4.74 Å². The van der Waals surface area contributed by atoms with Gasteiger partial charge in [-0.1, -0.05) is 19.9 Å². The van der Waals surface area contributed by atoms with Crippen molar-refractivity contribution in [1.82, 2.24) is 0 Å². The number of hydrogen-bond donors (Lipinski definition) is 1. The maximum Gasteiger partial charge on any atom is 0.319 e. The van der Waals surface area contributed by atoms with E-state index >= 15 is 0 Å². The lowest BCUT2D eigenvalue weighted by Gasteiger charge is -2.18. The Hall–Kier alpha value is -1.16. The summed E-state index contributed by atoms with van der Waals surface area (Å²) >= 11 is 1.39. The lowest BCUT2D eigenvalue weighted by atomic mass is 9.98. The van der Waals surface area contributed by atoms with Crippen LogP contribution in [0.25, 0.3) is 0 Å². The van der Waals surface area contributed by atoms with Crippen molar-refractivity contribution in [3.05, 3.63) is 29.3 Å². The summed E-state index contributed by atoms with van der Waals surface area (Å²) in [7, 11) is 0. The molecule has 4 heteroatoms. The van der Waals surface area contributed by atoms with Gasteiger partial charge in [-0.15, -0.1) is 11.8 Å². The summed E-state index contributed by atoms with van der Waals surface area (Å²) < 4.78 is 4.92. The number of thioether (sulfide) groups is 1. The zero-order chi connectivity index (χ0) is 15.3. The molecule has 1 aromatic rings. The van der Waals surface area contributed by atoms with Crippen molar-refractivity contribution in [3.63, 3.8) is 0 Å². The number of aliphatic carboxylic acids is 1. The molecule has 0 saturated heterocycles. The van der Waals surface area contributed by atoms with Gasteiger partial charge >= 0.3 is 5.97 Å². The van der Waals surface area contributed by atoms with Crippen molar-refractivity contribution in [3.8, 4) is 5.75 Å². The maximum absolute atomic E-state index is 11.0. The summed E-state index contributed by atoms with van der Waals surface area (Å²) in [6.07, 6.45) is 0. The normalized spacial score (nSPS) is 11.7. The molecule has 0 saturated carbocycles. The Labute approximate surface area is 125 Å². The monoisotopic (exact) mass is 296 g/mol. The van der Waals surface area contributed by atoms with Crippen LogP contribution in [0.2, 0.25) is 0 Å². The van der Waals surface area contributed by atoms with Gasteiger partial charge in [0.05, 0.1) is 6.61 Å². The highest BCUT2D eigenvalue weighted by Crippen LogP contribution is 2.26. The van der Waals surface area contributed by atoms with Crippen LogP contribution in [-0.2, 0) is 4.79 Å². The van der Waals surface area contributed by atoms with E-state index in [1.54, 1.807) is 13.8 Å². The van der Waals surface area contributed by atoms with Gasteiger partial charge < -0.3 is 9.84 Å². The number of carbonyl (C=O) groups is 1. The molecule has 1 N–H and O–H groups in total. The minimum Gasteiger partial charge on any atom is -0.493 e. The van der Waals surface area contributed by atoms with Crippen LogP contribution in [0.1, 0.15) is 44.7 Å². The Morgan fingerprint density at radius 1 is 1.40 bits per heavy atom. The lowest BCUT2D eigenvalue weighted by molar-refractivity contribution is -0.138. The van der Waals surface area contributed by atoms with E-state index in [-0.39, 0.29) is 0 Å². The van der Waals surface area contributed by atoms with Gasteiger partial charge in [0.15, 0.2) is 0 Å². The number of aryl methyl sites for hydroxylation is 1. The van der Waals surface area contributed by atoms with Crippen molar-refractivity contribution < 1.29 is 14.6 Å². The van der Waals surface area contributed by atoms with Crippen molar-refractivity contribution in [2.24, 2.45) is 0 Å². The molecule has 0 amide bonds. The highest BCUT2D eigenvalue weighted by atomic mass is 32.2. The Morgan fingerprint density at radius 3 is 2.55 bits per heavy atom. The van der Waals surface area contributed by atoms with Crippen molar-refractivity contribution in [2.45, 2.75) is 45.3 Å². The number of rotatable bonds is 7. The fourth-order valence-corrected chi connectivity index (χ4v) is 2.70. The maximum atomic E-state index is 11.0. The number of ether oxygens (including phenoxy) is 1. The highest BCUT2D eigenvalue weighted by molar-refractivity contribution is 8.01. The number of benzene rings is 1. The topological polar surface area (TPSA) is 46.5 Å². The molecule has 0 spiro atoms. The molecule has 0 unspecified atom stereocenters. The third kappa shape index (κ3) is 4.75. The first-order valence-corrected chi connectivity index (χ1v) is 7.83. The van der Waals surface area contributed by atoms with E-state index in [2.05, 4.69) is 26.8 Å². The average Bonchev–Trinajstić information content (AvgIpc) is 2.34. The van der Waals surface area contributed by atoms with E-state index in [1.165, 1.54) is 22.9 Å². The molecule has 0 bridgehead atoms. The summed E-state index contributed by atoms with van der Waals surface area (Å²) in [4.78, 5) is 11.0. The fourth-order valence-electron chi connectivity index (χ4n) is 1.90. The van der Waals surface area contributed by atoms with Crippen molar-refractivity contribution in [1.29, 1.82) is 0 Å². The van der Waals surface area contributed by atoms with E-state index in [1.807, 2.05) is 12.1 Å². The predicted molar refractivity (Wildman–Crippen MR) is 84.9 cm³/mol. The molecule has 0 atom stereocenters. The number of carboxylic acid groups (broad SMARTS) is 1. The predicted octanol–water partition coefficient (Wildman–Crippen LogP) is 4.09. The minimum atomic E-state index is -0.792. The molecule has 0 radical (unpaired) electrons. The highest BCUT2D eigenvalue weighted by Gasteiger charge is 2.27.